The molecule has 1 heterocycles. The quantitative estimate of drug-likeness (QED) is 0.789. The van der Waals surface area contributed by atoms with Gasteiger partial charge in [-0.1, -0.05) is 23.9 Å². The number of hydrogen-bond donors (Lipinski definition) is 1. The average Bonchev–Trinajstić information content (AvgIpc) is 2.42. The minimum Gasteiger partial charge on any atom is -0.354 e. The molecule has 0 aromatic heterocycles. The van der Waals surface area contributed by atoms with Crippen LogP contribution in [0.5, 0.6) is 0 Å². The van der Waals surface area contributed by atoms with Crippen LogP contribution in [0.2, 0.25) is 0 Å². The Kier molecular flexibility index (Phi) is 3.14. The van der Waals surface area contributed by atoms with E-state index < -0.39 is 10.0 Å². The van der Waals surface area contributed by atoms with Crippen molar-refractivity contribution in [2.75, 3.05) is 22.9 Å². The lowest BCUT2D eigenvalue weighted by Gasteiger charge is -2.23. The first-order chi connectivity index (χ1) is 9.45. The summed E-state index contributed by atoms with van der Waals surface area (Å²) in [5.41, 5.74) is 2.63. The highest BCUT2D eigenvalue weighted by Gasteiger charge is 2.18. The molecule has 0 fully saturated rings. The van der Waals surface area contributed by atoms with Crippen LogP contribution in [-0.2, 0) is 10.0 Å². The molecule has 0 bridgehead atoms. The van der Waals surface area contributed by atoms with Gasteiger partial charge in [0.05, 0.1) is 23.3 Å². The summed E-state index contributed by atoms with van der Waals surface area (Å²) in [4.78, 5) is 2.26. The van der Waals surface area contributed by atoms with Crippen molar-refractivity contribution in [2.45, 2.75) is 9.79 Å². The third kappa shape index (κ3) is 2.36. The molecule has 1 aliphatic rings. The lowest BCUT2D eigenvalue weighted by atomic mass is 10.2. The third-order valence-corrected chi connectivity index (χ3v) is 5.56. The summed E-state index contributed by atoms with van der Waals surface area (Å²) in [6.07, 6.45) is 1.20. The Bertz CT molecular complexity index is 772. The topological polar surface area (TPSA) is 49.4 Å². The number of fused-ring (bicyclic) bond motifs is 2. The van der Waals surface area contributed by atoms with Gasteiger partial charge in [-0.15, -0.1) is 0 Å². The Labute approximate surface area is 122 Å². The highest BCUT2D eigenvalue weighted by Crippen LogP contribution is 2.45. The van der Waals surface area contributed by atoms with Gasteiger partial charge in [0.25, 0.3) is 0 Å². The first-order valence-corrected chi connectivity index (χ1v) is 8.73. The second-order valence-electron chi connectivity index (χ2n) is 4.63. The van der Waals surface area contributed by atoms with Gasteiger partial charge in [0, 0.05) is 16.8 Å². The minimum absolute atomic E-state index is 0.652. The van der Waals surface area contributed by atoms with Crippen molar-refractivity contribution in [3.05, 3.63) is 42.5 Å². The first-order valence-electron chi connectivity index (χ1n) is 6.07. The number of para-hydroxylation sites is 1. The Balaban J connectivity index is 2.00. The number of hydrogen-bond acceptors (Lipinski definition) is 4. The van der Waals surface area contributed by atoms with Crippen LogP contribution in [0.15, 0.2) is 52.3 Å². The number of benzene rings is 2. The van der Waals surface area contributed by atoms with E-state index >= 15 is 0 Å². The van der Waals surface area contributed by atoms with Crippen LogP contribution >= 0.6 is 11.8 Å². The normalized spacial score (nSPS) is 13.1. The largest absolute Gasteiger partial charge is 0.354 e. The molecule has 6 heteroatoms. The van der Waals surface area contributed by atoms with E-state index in [4.69, 9.17) is 0 Å². The molecular formula is C14H14N2O2S2. The summed E-state index contributed by atoms with van der Waals surface area (Å²) in [6, 6.07) is 13.7. The van der Waals surface area contributed by atoms with E-state index in [2.05, 4.69) is 11.4 Å². The van der Waals surface area contributed by atoms with Crippen LogP contribution in [0, 0.1) is 0 Å². The SMILES string of the molecule is CN(c1ccc2c(c1)Nc1ccccc1S2)S(C)(=O)=O. The van der Waals surface area contributed by atoms with Crippen LogP contribution in [0.25, 0.3) is 0 Å². The van der Waals surface area contributed by atoms with Gasteiger partial charge in [-0.25, -0.2) is 8.42 Å². The van der Waals surface area contributed by atoms with E-state index in [1.807, 2.05) is 36.4 Å². The molecule has 104 valence electrons. The van der Waals surface area contributed by atoms with Crippen molar-refractivity contribution in [3.63, 3.8) is 0 Å². The molecule has 2 aromatic rings. The second kappa shape index (κ2) is 4.71. The summed E-state index contributed by atoms with van der Waals surface area (Å²) in [5.74, 6) is 0. The van der Waals surface area contributed by atoms with E-state index in [1.54, 1.807) is 18.8 Å². The number of nitrogens with one attached hydrogen (secondary N) is 1. The van der Waals surface area contributed by atoms with Gasteiger partial charge in [0.2, 0.25) is 10.0 Å². The van der Waals surface area contributed by atoms with E-state index in [-0.39, 0.29) is 0 Å². The molecule has 20 heavy (non-hydrogen) atoms. The average molecular weight is 306 g/mol. The van der Waals surface area contributed by atoms with Crippen molar-refractivity contribution < 1.29 is 8.42 Å². The second-order valence-corrected chi connectivity index (χ2v) is 7.73. The molecule has 3 rings (SSSR count). The van der Waals surface area contributed by atoms with Gasteiger partial charge < -0.3 is 5.32 Å². The Morgan fingerprint density at radius 1 is 1.05 bits per heavy atom. The fraction of sp³-hybridized carbons (Fsp3) is 0.143. The van der Waals surface area contributed by atoms with Gasteiger partial charge >= 0.3 is 0 Å². The molecule has 0 aliphatic carbocycles. The molecule has 1 N–H and O–H groups in total. The molecule has 0 saturated heterocycles. The number of anilines is 3. The van der Waals surface area contributed by atoms with Crippen LogP contribution in [0.4, 0.5) is 17.1 Å². The predicted octanol–water partition coefficient (Wildman–Crippen LogP) is 3.29. The zero-order valence-electron chi connectivity index (χ0n) is 11.1. The lowest BCUT2D eigenvalue weighted by molar-refractivity contribution is 0.600. The maximum Gasteiger partial charge on any atom is 0.231 e. The molecule has 2 aromatic carbocycles. The van der Waals surface area contributed by atoms with Crippen LogP contribution in [0.3, 0.4) is 0 Å². The third-order valence-electron chi connectivity index (χ3n) is 3.20. The van der Waals surface area contributed by atoms with E-state index in [0.717, 1.165) is 16.3 Å². The Hall–Kier alpha value is -1.66. The highest BCUT2D eigenvalue weighted by molar-refractivity contribution is 7.99. The number of nitrogens with zero attached hydrogens (tertiary/aromatic N) is 1. The van der Waals surface area contributed by atoms with Crippen molar-refractivity contribution in [2.24, 2.45) is 0 Å². The smallest absolute Gasteiger partial charge is 0.231 e. The van der Waals surface area contributed by atoms with E-state index in [0.29, 0.717) is 5.69 Å². The summed E-state index contributed by atoms with van der Waals surface area (Å²) in [7, 11) is -1.69. The van der Waals surface area contributed by atoms with Gasteiger partial charge in [-0.2, -0.15) is 0 Å². The van der Waals surface area contributed by atoms with Gasteiger partial charge in [0.15, 0.2) is 0 Å². The predicted molar refractivity (Wildman–Crippen MR) is 83.5 cm³/mol. The Morgan fingerprint density at radius 3 is 2.50 bits per heavy atom. The maximum atomic E-state index is 11.6. The van der Waals surface area contributed by atoms with Gasteiger partial charge in [-0.3, -0.25) is 4.31 Å². The highest BCUT2D eigenvalue weighted by atomic mass is 32.2. The molecule has 0 radical (unpaired) electrons. The minimum atomic E-state index is -3.24. The molecule has 0 saturated carbocycles. The summed E-state index contributed by atoms with van der Waals surface area (Å²) in [5, 5.41) is 3.34. The Morgan fingerprint density at radius 2 is 1.75 bits per heavy atom. The molecule has 0 amide bonds. The summed E-state index contributed by atoms with van der Waals surface area (Å²) in [6.45, 7) is 0. The summed E-state index contributed by atoms with van der Waals surface area (Å²) < 4.78 is 24.5. The summed E-state index contributed by atoms with van der Waals surface area (Å²) >= 11 is 1.68. The van der Waals surface area contributed by atoms with Crippen molar-refractivity contribution >= 4 is 38.8 Å². The van der Waals surface area contributed by atoms with Crippen LogP contribution < -0.4 is 9.62 Å². The van der Waals surface area contributed by atoms with E-state index in [9.17, 15) is 8.42 Å². The van der Waals surface area contributed by atoms with Crippen LogP contribution in [0.1, 0.15) is 0 Å². The van der Waals surface area contributed by atoms with Gasteiger partial charge in [-0.05, 0) is 30.3 Å². The fourth-order valence-electron chi connectivity index (χ4n) is 2.01. The lowest BCUT2D eigenvalue weighted by Crippen LogP contribution is -2.24. The van der Waals surface area contributed by atoms with Crippen molar-refractivity contribution in [3.8, 4) is 0 Å². The zero-order chi connectivity index (χ0) is 14.3. The molecular weight excluding hydrogens is 292 g/mol. The monoisotopic (exact) mass is 306 g/mol. The van der Waals surface area contributed by atoms with Crippen LogP contribution in [-0.4, -0.2) is 21.7 Å². The fourth-order valence-corrected chi connectivity index (χ4v) is 3.48. The zero-order valence-corrected chi connectivity index (χ0v) is 12.8. The molecule has 0 atom stereocenters. The number of sulfonamides is 1. The van der Waals surface area contributed by atoms with Crippen molar-refractivity contribution in [1.29, 1.82) is 0 Å². The van der Waals surface area contributed by atoms with E-state index in [1.165, 1.54) is 15.5 Å². The molecule has 4 nitrogen and oxygen atoms in total. The number of rotatable bonds is 2. The molecule has 0 unspecified atom stereocenters. The molecule has 0 spiro atoms. The maximum absolute atomic E-state index is 11.6. The standard InChI is InChI=1S/C14H14N2O2S2/c1-16(20(2,17)18)10-7-8-14-12(9-10)15-11-5-3-4-6-13(11)19-14/h3-9,15H,1-2H3. The molecule has 1 aliphatic heterocycles. The van der Waals surface area contributed by atoms with Gasteiger partial charge in [0.1, 0.15) is 0 Å². The van der Waals surface area contributed by atoms with Crippen molar-refractivity contribution in [1.82, 2.24) is 0 Å². The first kappa shape index (κ1) is 13.3.